The van der Waals surface area contributed by atoms with Crippen LogP contribution in [0.1, 0.15) is 40.0 Å². The zero-order valence-corrected chi connectivity index (χ0v) is 12.7. The fourth-order valence-corrected chi connectivity index (χ4v) is 2.25. The summed E-state index contributed by atoms with van der Waals surface area (Å²) in [6, 6.07) is 0. The van der Waals surface area contributed by atoms with Crippen molar-refractivity contribution in [1.82, 2.24) is 9.80 Å². The number of hydrogen-bond acceptors (Lipinski definition) is 3. The van der Waals surface area contributed by atoms with Crippen molar-refractivity contribution in [2.75, 3.05) is 34.3 Å². The fraction of sp³-hybridized carbons (Fsp3) is 0.929. The lowest BCUT2D eigenvalue weighted by Gasteiger charge is -2.49. The summed E-state index contributed by atoms with van der Waals surface area (Å²) in [6.07, 6.45) is 3.62. The van der Waals surface area contributed by atoms with E-state index in [-0.39, 0.29) is 23.7 Å². The zero-order chi connectivity index (χ0) is 14.0. The van der Waals surface area contributed by atoms with Crippen molar-refractivity contribution in [3.63, 3.8) is 0 Å². The first-order valence-corrected chi connectivity index (χ1v) is 6.72. The van der Waals surface area contributed by atoms with E-state index < -0.39 is 0 Å². The van der Waals surface area contributed by atoms with Crippen LogP contribution in [0.5, 0.6) is 0 Å². The van der Waals surface area contributed by atoms with Gasteiger partial charge in [0.15, 0.2) is 0 Å². The van der Waals surface area contributed by atoms with Gasteiger partial charge in [-0.2, -0.15) is 0 Å². The van der Waals surface area contributed by atoms with Crippen molar-refractivity contribution in [3.8, 4) is 0 Å². The Morgan fingerprint density at radius 3 is 2.11 bits per heavy atom. The molecule has 4 nitrogen and oxygen atoms in total. The SMILES string of the molecule is CN(CC1(N(C)C)CCC1)C(=O)COC(C)(C)C. The van der Waals surface area contributed by atoms with Crippen LogP contribution in [0.15, 0.2) is 0 Å². The van der Waals surface area contributed by atoms with E-state index >= 15 is 0 Å². The van der Waals surface area contributed by atoms with Crippen LogP contribution in [0.25, 0.3) is 0 Å². The number of carbonyl (C=O) groups is 1. The molecule has 0 atom stereocenters. The molecule has 1 fully saturated rings. The van der Waals surface area contributed by atoms with Gasteiger partial charge in [0.05, 0.1) is 5.60 Å². The minimum atomic E-state index is -0.258. The van der Waals surface area contributed by atoms with Gasteiger partial charge in [-0.15, -0.1) is 0 Å². The molecule has 0 bridgehead atoms. The Labute approximate surface area is 111 Å². The minimum absolute atomic E-state index is 0.0676. The predicted molar refractivity (Wildman–Crippen MR) is 73.6 cm³/mol. The molecule has 0 aromatic carbocycles. The summed E-state index contributed by atoms with van der Waals surface area (Å²) < 4.78 is 5.53. The molecule has 1 aliphatic carbocycles. The number of likely N-dealkylation sites (N-methyl/N-ethyl adjacent to an activating group) is 2. The van der Waals surface area contributed by atoms with Crippen molar-refractivity contribution < 1.29 is 9.53 Å². The van der Waals surface area contributed by atoms with Gasteiger partial charge in [0, 0.05) is 19.1 Å². The van der Waals surface area contributed by atoms with Crippen LogP contribution in [0.2, 0.25) is 0 Å². The smallest absolute Gasteiger partial charge is 0.248 e. The van der Waals surface area contributed by atoms with Crippen molar-refractivity contribution >= 4 is 5.91 Å². The summed E-state index contributed by atoms with van der Waals surface area (Å²) in [5, 5.41) is 0. The van der Waals surface area contributed by atoms with Crippen LogP contribution < -0.4 is 0 Å². The summed E-state index contributed by atoms with van der Waals surface area (Å²) in [5.41, 5.74) is -0.0711. The second kappa shape index (κ2) is 5.57. The van der Waals surface area contributed by atoms with Gasteiger partial charge >= 0.3 is 0 Å². The average Bonchev–Trinajstić information content (AvgIpc) is 2.17. The first-order chi connectivity index (χ1) is 8.16. The summed E-state index contributed by atoms with van der Waals surface area (Å²) in [5.74, 6) is 0.0676. The standard InChI is InChI=1S/C14H28N2O2/c1-13(2,3)18-10-12(17)16(6)11-14(15(4)5)8-7-9-14/h7-11H2,1-6H3. The number of amides is 1. The normalized spacial score (nSPS) is 18.6. The van der Waals surface area contributed by atoms with E-state index in [0.29, 0.717) is 0 Å². The summed E-state index contributed by atoms with van der Waals surface area (Å²) in [4.78, 5) is 16.1. The Balaban J connectivity index is 2.44. The molecule has 1 rings (SSSR count). The fourth-order valence-electron chi connectivity index (χ4n) is 2.25. The van der Waals surface area contributed by atoms with Gasteiger partial charge in [-0.25, -0.2) is 0 Å². The van der Waals surface area contributed by atoms with Crippen molar-refractivity contribution in [2.24, 2.45) is 0 Å². The first kappa shape index (κ1) is 15.4. The lowest BCUT2D eigenvalue weighted by Crippen LogP contribution is -2.57. The van der Waals surface area contributed by atoms with Gasteiger partial charge in [0.25, 0.3) is 0 Å². The molecule has 0 aromatic heterocycles. The van der Waals surface area contributed by atoms with E-state index in [4.69, 9.17) is 4.74 Å². The van der Waals surface area contributed by atoms with E-state index in [1.54, 1.807) is 0 Å². The van der Waals surface area contributed by atoms with E-state index in [0.717, 1.165) is 6.54 Å². The summed E-state index contributed by atoms with van der Waals surface area (Å²) >= 11 is 0. The maximum absolute atomic E-state index is 12.0. The van der Waals surface area contributed by atoms with Gasteiger partial charge in [-0.1, -0.05) is 0 Å². The second-order valence-electron chi connectivity index (χ2n) is 6.62. The third-order valence-corrected chi connectivity index (χ3v) is 3.82. The molecule has 4 heteroatoms. The summed E-state index contributed by atoms with van der Waals surface area (Å²) in [7, 11) is 6.07. The highest BCUT2D eigenvalue weighted by molar-refractivity contribution is 5.77. The molecular weight excluding hydrogens is 228 g/mol. The molecule has 0 aromatic rings. The Morgan fingerprint density at radius 1 is 1.22 bits per heavy atom. The molecule has 1 amide bonds. The van der Waals surface area contributed by atoms with E-state index in [2.05, 4.69) is 19.0 Å². The van der Waals surface area contributed by atoms with Gasteiger partial charge in [-0.05, 0) is 54.1 Å². The molecule has 0 aliphatic heterocycles. The lowest BCUT2D eigenvalue weighted by molar-refractivity contribution is -0.142. The predicted octanol–water partition coefficient (Wildman–Crippen LogP) is 1.74. The van der Waals surface area contributed by atoms with Gasteiger partial charge in [0.2, 0.25) is 5.91 Å². The van der Waals surface area contributed by atoms with Crippen LogP contribution in [0.3, 0.4) is 0 Å². The quantitative estimate of drug-likeness (QED) is 0.751. The largest absolute Gasteiger partial charge is 0.366 e. The number of nitrogens with zero attached hydrogens (tertiary/aromatic N) is 2. The first-order valence-electron chi connectivity index (χ1n) is 6.72. The highest BCUT2D eigenvalue weighted by atomic mass is 16.5. The molecule has 0 heterocycles. The maximum atomic E-state index is 12.0. The Hall–Kier alpha value is -0.610. The maximum Gasteiger partial charge on any atom is 0.248 e. The topological polar surface area (TPSA) is 32.8 Å². The second-order valence-corrected chi connectivity index (χ2v) is 6.62. The number of carbonyl (C=O) groups excluding carboxylic acids is 1. The molecule has 18 heavy (non-hydrogen) atoms. The van der Waals surface area contributed by atoms with E-state index in [1.165, 1.54) is 19.3 Å². The monoisotopic (exact) mass is 256 g/mol. The van der Waals surface area contributed by atoms with Crippen LogP contribution in [-0.4, -0.2) is 61.1 Å². The van der Waals surface area contributed by atoms with Crippen molar-refractivity contribution in [2.45, 2.75) is 51.2 Å². The van der Waals surface area contributed by atoms with Crippen LogP contribution in [0.4, 0.5) is 0 Å². The molecule has 0 spiro atoms. The molecule has 1 aliphatic rings. The summed E-state index contributed by atoms with van der Waals surface area (Å²) in [6.45, 7) is 6.87. The molecule has 0 N–H and O–H groups in total. The molecular formula is C14H28N2O2. The van der Waals surface area contributed by atoms with Gasteiger partial charge < -0.3 is 14.5 Å². The number of hydrogen-bond donors (Lipinski definition) is 0. The van der Waals surface area contributed by atoms with Crippen molar-refractivity contribution in [3.05, 3.63) is 0 Å². The molecule has 1 saturated carbocycles. The van der Waals surface area contributed by atoms with Crippen LogP contribution >= 0.6 is 0 Å². The number of rotatable bonds is 5. The average molecular weight is 256 g/mol. The third kappa shape index (κ3) is 3.95. The molecule has 0 radical (unpaired) electrons. The highest BCUT2D eigenvalue weighted by Crippen LogP contribution is 2.36. The van der Waals surface area contributed by atoms with Crippen LogP contribution in [0, 0.1) is 0 Å². The molecule has 106 valence electrons. The van der Waals surface area contributed by atoms with Gasteiger partial charge in [0.1, 0.15) is 6.61 Å². The van der Waals surface area contributed by atoms with Gasteiger partial charge in [-0.3, -0.25) is 4.79 Å². The third-order valence-electron chi connectivity index (χ3n) is 3.82. The minimum Gasteiger partial charge on any atom is -0.366 e. The zero-order valence-electron chi connectivity index (χ0n) is 12.7. The lowest BCUT2D eigenvalue weighted by atomic mass is 9.75. The molecule has 0 saturated heterocycles. The Kier molecular flexibility index (Phi) is 4.78. The van der Waals surface area contributed by atoms with E-state index in [9.17, 15) is 4.79 Å². The molecule has 0 unspecified atom stereocenters. The number of ether oxygens (including phenoxy) is 1. The van der Waals surface area contributed by atoms with E-state index in [1.807, 2.05) is 32.7 Å². The van der Waals surface area contributed by atoms with Crippen LogP contribution in [-0.2, 0) is 9.53 Å². The Morgan fingerprint density at radius 2 is 1.78 bits per heavy atom. The highest BCUT2D eigenvalue weighted by Gasteiger charge is 2.40. The van der Waals surface area contributed by atoms with Crippen molar-refractivity contribution in [1.29, 1.82) is 0 Å². The Bertz CT molecular complexity index is 291.